The first-order valence-electron chi connectivity index (χ1n) is 9.93. The Balaban J connectivity index is 1.43. The Kier molecular flexibility index (Phi) is 6.03. The van der Waals surface area contributed by atoms with E-state index in [9.17, 15) is 9.59 Å². The average molecular weight is 418 g/mol. The van der Waals surface area contributed by atoms with E-state index in [2.05, 4.69) is 10.6 Å². The Morgan fingerprint density at radius 1 is 0.839 bits per heavy atom. The van der Waals surface area contributed by atoms with E-state index in [0.29, 0.717) is 47.4 Å². The number of amides is 2. The summed E-state index contributed by atoms with van der Waals surface area (Å²) in [6.45, 7) is 2.59. The van der Waals surface area contributed by atoms with Crippen molar-refractivity contribution in [2.45, 2.75) is 13.0 Å². The molecule has 0 fully saturated rings. The molecule has 0 bridgehead atoms. The van der Waals surface area contributed by atoms with Gasteiger partial charge in [-0.1, -0.05) is 30.3 Å². The van der Waals surface area contributed by atoms with Gasteiger partial charge in [-0.15, -0.1) is 0 Å². The number of rotatable bonds is 6. The molecule has 7 nitrogen and oxygen atoms in total. The topological polar surface area (TPSA) is 85.9 Å². The maximum Gasteiger partial charge on any atom is 0.265 e. The number of para-hydroxylation sites is 2. The summed E-state index contributed by atoms with van der Waals surface area (Å²) in [6.07, 6.45) is -0.834. The molecule has 0 saturated carbocycles. The molecule has 0 spiro atoms. The summed E-state index contributed by atoms with van der Waals surface area (Å²) < 4.78 is 16.9. The van der Waals surface area contributed by atoms with Crippen LogP contribution in [0.4, 0.5) is 11.4 Å². The van der Waals surface area contributed by atoms with Crippen molar-refractivity contribution >= 4 is 23.2 Å². The number of hydrogen-bond acceptors (Lipinski definition) is 5. The largest absolute Gasteiger partial charge is 0.486 e. The molecule has 158 valence electrons. The SMILES string of the molecule is CC(Oc1ccccc1C(=O)Nc1ccccc1)C(=O)Nc1ccc2c(c1)OCCO2. The van der Waals surface area contributed by atoms with Crippen molar-refractivity contribution in [1.29, 1.82) is 0 Å². The Bertz CT molecular complexity index is 1080. The number of carbonyl (C=O) groups excluding carboxylic acids is 2. The van der Waals surface area contributed by atoms with Crippen LogP contribution in [0, 0.1) is 0 Å². The van der Waals surface area contributed by atoms with E-state index in [4.69, 9.17) is 14.2 Å². The predicted molar refractivity (Wildman–Crippen MR) is 117 cm³/mol. The number of anilines is 2. The number of nitrogens with one attached hydrogen (secondary N) is 2. The van der Waals surface area contributed by atoms with Crippen molar-refractivity contribution < 1.29 is 23.8 Å². The third-order valence-electron chi connectivity index (χ3n) is 4.65. The van der Waals surface area contributed by atoms with Crippen LogP contribution in [0.5, 0.6) is 17.2 Å². The van der Waals surface area contributed by atoms with Gasteiger partial charge in [-0.2, -0.15) is 0 Å². The molecular weight excluding hydrogens is 396 g/mol. The average Bonchev–Trinajstić information content (AvgIpc) is 2.80. The van der Waals surface area contributed by atoms with Gasteiger partial charge in [0.1, 0.15) is 19.0 Å². The number of hydrogen-bond donors (Lipinski definition) is 2. The van der Waals surface area contributed by atoms with Gasteiger partial charge in [-0.05, 0) is 43.3 Å². The summed E-state index contributed by atoms with van der Waals surface area (Å²) in [6, 6.07) is 21.1. The Labute approximate surface area is 179 Å². The first kappa shape index (κ1) is 20.3. The van der Waals surface area contributed by atoms with Gasteiger partial charge in [-0.25, -0.2) is 0 Å². The lowest BCUT2D eigenvalue weighted by Crippen LogP contribution is -2.31. The quantitative estimate of drug-likeness (QED) is 0.629. The fraction of sp³-hybridized carbons (Fsp3) is 0.167. The smallest absolute Gasteiger partial charge is 0.265 e. The van der Waals surface area contributed by atoms with E-state index in [1.54, 1.807) is 61.5 Å². The zero-order valence-corrected chi connectivity index (χ0v) is 17.0. The zero-order valence-electron chi connectivity index (χ0n) is 17.0. The van der Waals surface area contributed by atoms with Crippen molar-refractivity contribution in [2.24, 2.45) is 0 Å². The van der Waals surface area contributed by atoms with Gasteiger partial charge in [0.2, 0.25) is 0 Å². The van der Waals surface area contributed by atoms with Gasteiger partial charge in [0.05, 0.1) is 5.56 Å². The van der Waals surface area contributed by atoms with Crippen LogP contribution in [0.25, 0.3) is 0 Å². The molecule has 2 N–H and O–H groups in total. The molecule has 0 aromatic heterocycles. The standard InChI is InChI=1S/C24H22N2O5/c1-16(23(27)26-18-11-12-21-22(15-18)30-14-13-29-21)31-20-10-6-5-9-19(20)24(28)25-17-7-3-2-4-8-17/h2-12,15-16H,13-14H2,1H3,(H,25,28)(H,26,27). The molecule has 2 amide bonds. The molecule has 1 aliphatic rings. The summed E-state index contributed by atoms with van der Waals surface area (Å²) in [4.78, 5) is 25.3. The summed E-state index contributed by atoms with van der Waals surface area (Å²) in [7, 11) is 0. The molecule has 4 rings (SSSR count). The third-order valence-corrected chi connectivity index (χ3v) is 4.65. The van der Waals surface area contributed by atoms with Crippen molar-refractivity contribution in [1.82, 2.24) is 0 Å². The highest BCUT2D eigenvalue weighted by atomic mass is 16.6. The highest BCUT2D eigenvalue weighted by molar-refractivity contribution is 6.06. The van der Waals surface area contributed by atoms with Crippen molar-refractivity contribution in [3.8, 4) is 17.2 Å². The number of benzene rings is 3. The van der Waals surface area contributed by atoms with Crippen LogP contribution >= 0.6 is 0 Å². The van der Waals surface area contributed by atoms with E-state index in [0.717, 1.165) is 0 Å². The second-order valence-corrected chi connectivity index (χ2v) is 6.92. The molecule has 0 saturated heterocycles. The number of carbonyl (C=O) groups is 2. The van der Waals surface area contributed by atoms with Crippen LogP contribution in [0.1, 0.15) is 17.3 Å². The first-order chi connectivity index (χ1) is 15.1. The molecular formula is C24H22N2O5. The fourth-order valence-electron chi connectivity index (χ4n) is 3.09. The predicted octanol–water partition coefficient (Wildman–Crippen LogP) is 4.12. The van der Waals surface area contributed by atoms with Crippen LogP contribution in [0.15, 0.2) is 72.8 Å². The van der Waals surface area contributed by atoms with Gasteiger partial charge in [-0.3, -0.25) is 9.59 Å². The lowest BCUT2D eigenvalue weighted by molar-refractivity contribution is -0.122. The van der Waals surface area contributed by atoms with E-state index in [-0.39, 0.29) is 11.8 Å². The van der Waals surface area contributed by atoms with E-state index in [1.807, 2.05) is 18.2 Å². The molecule has 1 atom stereocenters. The molecule has 31 heavy (non-hydrogen) atoms. The third kappa shape index (κ3) is 4.95. The van der Waals surface area contributed by atoms with Crippen LogP contribution in [-0.2, 0) is 4.79 Å². The maximum absolute atomic E-state index is 12.7. The summed E-state index contributed by atoms with van der Waals surface area (Å²) in [5, 5.41) is 5.63. The molecule has 1 heterocycles. The van der Waals surface area contributed by atoms with E-state index >= 15 is 0 Å². The molecule has 1 aliphatic heterocycles. The second-order valence-electron chi connectivity index (χ2n) is 6.92. The molecule has 3 aromatic carbocycles. The molecule has 0 radical (unpaired) electrons. The van der Waals surface area contributed by atoms with E-state index in [1.165, 1.54) is 0 Å². The van der Waals surface area contributed by atoms with Crippen LogP contribution in [0.2, 0.25) is 0 Å². The molecule has 3 aromatic rings. The molecule has 1 unspecified atom stereocenters. The van der Waals surface area contributed by atoms with Gasteiger partial charge in [0.25, 0.3) is 11.8 Å². The Morgan fingerprint density at radius 2 is 1.55 bits per heavy atom. The number of fused-ring (bicyclic) bond motifs is 1. The van der Waals surface area contributed by atoms with Crippen LogP contribution in [0.3, 0.4) is 0 Å². The maximum atomic E-state index is 12.7. The van der Waals surface area contributed by atoms with Gasteiger partial charge in [0, 0.05) is 17.4 Å². The minimum absolute atomic E-state index is 0.318. The molecule has 0 aliphatic carbocycles. The summed E-state index contributed by atoms with van der Waals surface area (Å²) in [5.41, 5.74) is 1.58. The second kappa shape index (κ2) is 9.21. The van der Waals surface area contributed by atoms with Gasteiger partial charge >= 0.3 is 0 Å². The van der Waals surface area contributed by atoms with Crippen molar-refractivity contribution in [3.63, 3.8) is 0 Å². The van der Waals surface area contributed by atoms with Crippen LogP contribution < -0.4 is 24.8 Å². The normalized spacial score (nSPS) is 13.1. The monoisotopic (exact) mass is 418 g/mol. The Morgan fingerprint density at radius 3 is 2.35 bits per heavy atom. The minimum Gasteiger partial charge on any atom is -0.486 e. The minimum atomic E-state index is -0.834. The van der Waals surface area contributed by atoms with E-state index < -0.39 is 6.10 Å². The van der Waals surface area contributed by atoms with Gasteiger partial charge in [0.15, 0.2) is 17.6 Å². The Hall–Kier alpha value is -4.00. The lowest BCUT2D eigenvalue weighted by Gasteiger charge is -2.20. The molecule has 7 heteroatoms. The fourth-order valence-corrected chi connectivity index (χ4v) is 3.09. The van der Waals surface area contributed by atoms with Gasteiger partial charge < -0.3 is 24.8 Å². The van der Waals surface area contributed by atoms with Crippen molar-refractivity contribution in [2.75, 3.05) is 23.8 Å². The first-order valence-corrected chi connectivity index (χ1v) is 9.93. The zero-order chi connectivity index (χ0) is 21.6. The van der Waals surface area contributed by atoms with Crippen molar-refractivity contribution in [3.05, 3.63) is 78.4 Å². The summed E-state index contributed by atoms with van der Waals surface area (Å²) >= 11 is 0. The lowest BCUT2D eigenvalue weighted by atomic mass is 10.1. The highest BCUT2D eigenvalue weighted by Crippen LogP contribution is 2.32. The summed E-state index contributed by atoms with van der Waals surface area (Å²) in [5.74, 6) is 0.879. The highest BCUT2D eigenvalue weighted by Gasteiger charge is 2.20. The number of ether oxygens (including phenoxy) is 3. The van der Waals surface area contributed by atoms with Crippen LogP contribution in [-0.4, -0.2) is 31.1 Å².